The van der Waals surface area contributed by atoms with Crippen LogP contribution in [0.5, 0.6) is 11.5 Å². The van der Waals surface area contributed by atoms with E-state index in [0.717, 1.165) is 28.2 Å². The van der Waals surface area contributed by atoms with Crippen molar-refractivity contribution in [2.24, 2.45) is 11.3 Å². The number of benzene rings is 3. The van der Waals surface area contributed by atoms with Crippen molar-refractivity contribution in [3.63, 3.8) is 0 Å². The summed E-state index contributed by atoms with van der Waals surface area (Å²) in [4.78, 5) is 10.9. The molecule has 3 aromatic rings. The smallest absolute Gasteiger partial charge is 0.303 e. The molecule has 1 unspecified atom stereocenters. The van der Waals surface area contributed by atoms with Crippen LogP contribution < -0.4 is 9.47 Å². The van der Waals surface area contributed by atoms with Crippen LogP contribution in [0.25, 0.3) is 11.1 Å². The van der Waals surface area contributed by atoms with Gasteiger partial charge in [-0.1, -0.05) is 77.8 Å². The Kier molecular flexibility index (Phi) is 9.96. The molecular formula is C33H41FO4. The summed E-state index contributed by atoms with van der Waals surface area (Å²) in [5, 5.41) is 8.91. The second kappa shape index (κ2) is 12.9. The summed E-state index contributed by atoms with van der Waals surface area (Å²) in [6.07, 6.45) is 3.51. The van der Waals surface area contributed by atoms with Gasteiger partial charge >= 0.3 is 5.97 Å². The molecule has 4 nitrogen and oxygen atoms in total. The summed E-state index contributed by atoms with van der Waals surface area (Å²) in [6, 6.07) is 18.3. The maximum atomic E-state index is 14.8. The first-order valence-electron chi connectivity index (χ1n) is 13.4. The van der Waals surface area contributed by atoms with Gasteiger partial charge in [-0.25, -0.2) is 4.39 Å². The van der Waals surface area contributed by atoms with Crippen LogP contribution in [0.4, 0.5) is 4.39 Å². The average molecular weight is 521 g/mol. The summed E-state index contributed by atoms with van der Waals surface area (Å²) in [6.45, 7) is 11.3. The molecule has 0 aliphatic heterocycles. The van der Waals surface area contributed by atoms with E-state index in [1.54, 1.807) is 19.2 Å². The number of halogens is 1. The monoisotopic (exact) mass is 520 g/mol. The number of methoxy groups -OCH3 is 1. The summed E-state index contributed by atoms with van der Waals surface area (Å²) in [7, 11) is 1.58. The minimum absolute atomic E-state index is 0.0257. The highest BCUT2D eigenvalue weighted by Gasteiger charge is 2.25. The van der Waals surface area contributed by atoms with Crippen molar-refractivity contribution in [2.75, 3.05) is 7.11 Å². The van der Waals surface area contributed by atoms with Crippen molar-refractivity contribution < 1.29 is 23.8 Å². The fourth-order valence-corrected chi connectivity index (χ4v) is 3.99. The Morgan fingerprint density at radius 3 is 2.32 bits per heavy atom. The molecule has 0 saturated heterocycles. The number of aryl methyl sites for hydroxylation is 1. The van der Waals surface area contributed by atoms with Crippen molar-refractivity contribution in [1.29, 1.82) is 0 Å². The van der Waals surface area contributed by atoms with E-state index < -0.39 is 5.97 Å². The van der Waals surface area contributed by atoms with E-state index in [1.165, 1.54) is 18.9 Å². The number of carboxylic acid groups (broad SMARTS) is 1. The van der Waals surface area contributed by atoms with Crippen molar-refractivity contribution in [2.45, 2.75) is 72.8 Å². The van der Waals surface area contributed by atoms with Gasteiger partial charge in [0, 0.05) is 12.0 Å². The Balaban J connectivity index is 0.000000912. The number of hydrogen-bond acceptors (Lipinski definition) is 3. The first-order chi connectivity index (χ1) is 18.0. The molecule has 1 aliphatic rings. The van der Waals surface area contributed by atoms with Gasteiger partial charge in [0.25, 0.3) is 0 Å². The Hall–Kier alpha value is -3.34. The molecule has 204 valence electrons. The first-order valence-corrected chi connectivity index (χ1v) is 13.4. The van der Waals surface area contributed by atoms with Crippen LogP contribution in [0.2, 0.25) is 0 Å². The van der Waals surface area contributed by atoms with E-state index in [1.807, 2.05) is 36.4 Å². The molecule has 38 heavy (non-hydrogen) atoms. The van der Waals surface area contributed by atoms with Crippen LogP contribution in [0.1, 0.15) is 76.5 Å². The lowest BCUT2D eigenvalue weighted by Gasteiger charge is -2.30. The Labute approximate surface area is 226 Å². The largest absolute Gasteiger partial charge is 0.497 e. The molecule has 4 rings (SSSR count). The second-order valence-corrected chi connectivity index (χ2v) is 11.4. The number of aliphatic carboxylic acids is 1. The van der Waals surface area contributed by atoms with E-state index in [-0.39, 0.29) is 23.6 Å². The normalized spacial score (nSPS) is 13.8. The van der Waals surface area contributed by atoms with Gasteiger partial charge in [-0.2, -0.15) is 0 Å². The number of carboxylic acids is 1. The number of ether oxygens (including phenoxy) is 2. The standard InChI is InChI=1S/C29H33FO4.C4H8/c1-19(29(2,3)4)25-16-21(9-12-24(25)26-17-22(33-5)11-13-27(26)30)18-34-23-8-6-7-20(15-23)10-14-28(31)32;1-4-2-3-4/h6-9,11-13,15-17,19H,10,14,18H2,1-5H3,(H,31,32);4H,2-3H2,1H3. The lowest BCUT2D eigenvalue weighted by atomic mass is 9.75. The molecule has 0 bridgehead atoms. The highest BCUT2D eigenvalue weighted by atomic mass is 19.1. The lowest BCUT2D eigenvalue weighted by Crippen LogP contribution is -2.16. The first kappa shape index (κ1) is 29.2. The van der Waals surface area contributed by atoms with Crippen LogP contribution in [-0.2, 0) is 17.8 Å². The van der Waals surface area contributed by atoms with Gasteiger partial charge in [-0.15, -0.1) is 0 Å². The van der Waals surface area contributed by atoms with Gasteiger partial charge in [-0.05, 0) is 76.3 Å². The number of hydrogen-bond donors (Lipinski definition) is 1. The molecule has 0 amide bonds. The maximum Gasteiger partial charge on any atom is 0.303 e. The Morgan fingerprint density at radius 2 is 1.71 bits per heavy atom. The molecule has 1 N–H and O–H groups in total. The van der Waals surface area contributed by atoms with E-state index in [2.05, 4.69) is 40.7 Å². The molecule has 1 aliphatic carbocycles. The summed E-state index contributed by atoms with van der Waals surface area (Å²) >= 11 is 0. The SMILES string of the molecule is CC1CC1.COc1ccc(F)c(-c2ccc(COc3cccc(CCC(=O)O)c3)cc2C(C)C(C)(C)C)c1. The Bertz CT molecular complexity index is 1220. The molecule has 5 heteroatoms. The highest BCUT2D eigenvalue weighted by molar-refractivity contribution is 5.71. The fourth-order valence-electron chi connectivity index (χ4n) is 3.99. The van der Waals surface area contributed by atoms with Crippen molar-refractivity contribution in [3.8, 4) is 22.6 Å². The summed E-state index contributed by atoms with van der Waals surface area (Å²) < 4.78 is 26.2. The van der Waals surface area contributed by atoms with Gasteiger partial charge in [0.2, 0.25) is 0 Å². The quantitative estimate of drug-likeness (QED) is 0.307. The third-order valence-electron chi connectivity index (χ3n) is 7.14. The third-order valence-corrected chi connectivity index (χ3v) is 7.14. The predicted molar refractivity (Wildman–Crippen MR) is 151 cm³/mol. The van der Waals surface area contributed by atoms with Crippen LogP contribution in [-0.4, -0.2) is 18.2 Å². The zero-order valence-corrected chi connectivity index (χ0v) is 23.5. The van der Waals surface area contributed by atoms with E-state index >= 15 is 0 Å². The van der Waals surface area contributed by atoms with Crippen molar-refractivity contribution in [3.05, 3.63) is 83.2 Å². The molecule has 0 spiro atoms. The van der Waals surface area contributed by atoms with E-state index in [4.69, 9.17) is 14.6 Å². The summed E-state index contributed by atoms with van der Waals surface area (Å²) in [5.41, 5.74) is 4.29. The average Bonchev–Trinajstić information content (AvgIpc) is 3.68. The zero-order chi connectivity index (χ0) is 27.9. The zero-order valence-electron chi connectivity index (χ0n) is 23.5. The van der Waals surface area contributed by atoms with Crippen molar-refractivity contribution in [1.82, 2.24) is 0 Å². The minimum Gasteiger partial charge on any atom is -0.497 e. The summed E-state index contributed by atoms with van der Waals surface area (Å²) in [5.74, 6) is 1.44. The topological polar surface area (TPSA) is 55.8 Å². The number of carbonyl (C=O) groups is 1. The van der Waals surface area contributed by atoms with Gasteiger partial charge in [0.1, 0.15) is 23.9 Å². The lowest BCUT2D eigenvalue weighted by molar-refractivity contribution is -0.136. The van der Waals surface area contributed by atoms with Gasteiger partial charge in [0.15, 0.2) is 0 Å². The molecule has 0 aromatic heterocycles. The fraction of sp³-hybridized carbons (Fsp3) is 0.424. The van der Waals surface area contributed by atoms with Crippen LogP contribution in [0.15, 0.2) is 60.7 Å². The minimum atomic E-state index is -0.820. The molecule has 3 aromatic carbocycles. The molecule has 1 saturated carbocycles. The molecular weight excluding hydrogens is 479 g/mol. The van der Waals surface area contributed by atoms with Gasteiger partial charge in [0.05, 0.1) is 7.11 Å². The second-order valence-electron chi connectivity index (χ2n) is 11.4. The van der Waals surface area contributed by atoms with E-state index in [0.29, 0.717) is 30.1 Å². The van der Waals surface area contributed by atoms with Crippen LogP contribution in [0.3, 0.4) is 0 Å². The predicted octanol–water partition coefficient (Wildman–Crippen LogP) is 8.66. The van der Waals surface area contributed by atoms with E-state index in [9.17, 15) is 9.18 Å². The molecule has 1 fully saturated rings. The van der Waals surface area contributed by atoms with Crippen molar-refractivity contribution >= 4 is 5.97 Å². The van der Waals surface area contributed by atoms with Gasteiger partial charge < -0.3 is 14.6 Å². The maximum absolute atomic E-state index is 14.8. The Morgan fingerprint density at radius 1 is 1.00 bits per heavy atom. The van der Waals surface area contributed by atoms with Gasteiger partial charge in [-0.3, -0.25) is 4.79 Å². The molecule has 0 heterocycles. The number of rotatable bonds is 9. The third kappa shape index (κ3) is 8.61. The molecule has 1 atom stereocenters. The molecule has 0 radical (unpaired) electrons. The van der Waals surface area contributed by atoms with Crippen LogP contribution in [0, 0.1) is 17.2 Å². The highest BCUT2D eigenvalue weighted by Crippen LogP contribution is 2.41. The van der Waals surface area contributed by atoms with Crippen LogP contribution >= 0.6 is 0 Å².